The number of hydrogen-bond acceptors (Lipinski definition) is 5. The van der Waals surface area contributed by atoms with Crippen molar-refractivity contribution in [1.82, 2.24) is 14.9 Å². The number of esters is 1. The van der Waals surface area contributed by atoms with E-state index in [0.717, 1.165) is 13.1 Å². The van der Waals surface area contributed by atoms with Gasteiger partial charge in [0.1, 0.15) is 23.4 Å². The third-order valence-corrected chi connectivity index (χ3v) is 4.13. The van der Waals surface area contributed by atoms with E-state index in [-0.39, 0.29) is 35.6 Å². The van der Waals surface area contributed by atoms with Crippen molar-refractivity contribution in [2.75, 3.05) is 44.7 Å². The van der Waals surface area contributed by atoms with Crippen LogP contribution in [0, 0.1) is 11.6 Å². The zero-order valence-electron chi connectivity index (χ0n) is 13.7. The number of aromatic amines is 1. The number of imidazole rings is 1. The number of ether oxygens (including phenoxy) is 1. The monoisotopic (exact) mass is 338 g/mol. The Kier molecular flexibility index (Phi) is 4.66. The van der Waals surface area contributed by atoms with Crippen molar-refractivity contribution in [2.24, 2.45) is 0 Å². The van der Waals surface area contributed by atoms with Gasteiger partial charge in [-0.25, -0.2) is 13.8 Å². The summed E-state index contributed by atoms with van der Waals surface area (Å²) in [6.45, 7) is 4.55. The molecule has 1 N–H and O–H groups in total. The lowest BCUT2D eigenvalue weighted by Crippen LogP contribution is -2.45. The number of anilines is 1. The molecule has 0 radical (unpaired) electrons. The van der Waals surface area contributed by atoms with E-state index in [1.165, 1.54) is 6.07 Å². The van der Waals surface area contributed by atoms with Crippen molar-refractivity contribution in [3.63, 3.8) is 0 Å². The third-order valence-electron chi connectivity index (χ3n) is 4.13. The van der Waals surface area contributed by atoms with Crippen LogP contribution in [0.3, 0.4) is 0 Å². The molecule has 0 aliphatic carbocycles. The highest BCUT2D eigenvalue weighted by Gasteiger charge is 2.24. The standard InChI is InChI=1S/C16H20F2N4O2/c1-3-24-13(23)9-12-19-11-8-10(17)16(14(18)15(11)20-12)22-6-4-21(2)5-7-22/h8H,3-7,9H2,1-2H3,(H,19,20). The van der Waals surface area contributed by atoms with Crippen molar-refractivity contribution in [3.05, 3.63) is 23.5 Å². The van der Waals surface area contributed by atoms with Gasteiger partial charge in [-0.1, -0.05) is 0 Å². The maximum Gasteiger partial charge on any atom is 0.313 e. The SMILES string of the molecule is CCOC(=O)Cc1nc2c(F)c(N3CCN(C)CC3)c(F)cc2[nH]1. The topological polar surface area (TPSA) is 61.5 Å². The summed E-state index contributed by atoms with van der Waals surface area (Å²) in [5.74, 6) is -1.52. The van der Waals surface area contributed by atoms with Crippen molar-refractivity contribution < 1.29 is 18.3 Å². The average molecular weight is 338 g/mol. The number of piperazine rings is 1. The van der Waals surface area contributed by atoms with Gasteiger partial charge in [0.05, 0.1) is 12.1 Å². The van der Waals surface area contributed by atoms with Gasteiger partial charge in [-0.15, -0.1) is 0 Å². The number of fused-ring (bicyclic) bond motifs is 1. The first-order valence-corrected chi connectivity index (χ1v) is 7.95. The molecular formula is C16H20F2N4O2. The number of H-pyrrole nitrogens is 1. The van der Waals surface area contributed by atoms with Crippen LogP contribution in [0.5, 0.6) is 0 Å². The van der Waals surface area contributed by atoms with Crippen molar-refractivity contribution in [3.8, 4) is 0 Å². The molecular weight excluding hydrogens is 318 g/mol. The molecule has 1 aliphatic heterocycles. The molecule has 0 bridgehead atoms. The summed E-state index contributed by atoms with van der Waals surface area (Å²) >= 11 is 0. The smallest absolute Gasteiger partial charge is 0.313 e. The van der Waals surface area contributed by atoms with Gasteiger partial charge in [-0.2, -0.15) is 0 Å². The summed E-state index contributed by atoms with van der Waals surface area (Å²) in [6, 6.07) is 1.23. The van der Waals surface area contributed by atoms with E-state index in [0.29, 0.717) is 13.1 Å². The quantitative estimate of drug-likeness (QED) is 0.860. The second-order valence-electron chi connectivity index (χ2n) is 5.87. The molecule has 2 heterocycles. The summed E-state index contributed by atoms with van der Waals surface area (Å²) in [5, 5.41) is 0. The maximum absolute atomic E-state index is 14.8. The molecule has 1 aromatic carbocycles. The van der Waals surface area contributed by atoms with Crippen LogP contribution in [0.25, 0.3) is 11.0 Å². The molecule has 3 rings (SSSR count). The molecule has 0 saturated carbocycles. The van der Waals surface area contributed by atoms with E-state index < -0.39 is 17.6 Å². The zero-order valence-corrected chi connectivity index (χ0v) is 13.7. The van der Waals surface area contributed by atoms with Crippen LogP contribution in [-0.2, 0) is 16.0 Å². The highest BCUT2D eigenvalue weighted by molar-refractivity contribution is 5.82. The van der Waals surface area contributed by atoms with Crippen molar-refractivity contribution in [1.29, 1.82) is 0 Å². The minimum atomic E-state index is -0.694. The number of carbonyl (C=O) groups excluding carboxylic acids is 1. The number of nitrogens with one attached hydrogen (secondary N) is 1. The molecule has 0 amide bonds. The summed E-state index contributed by atoms with van der Waals surface area (Å²) in [5.41, 5.74) is 0.233. The number of benzene rings is 1. The fourth-order valence-corrected chi connectivity index (χ4v) is 2.87. The molecule has 1 fully saturated rings. The van der Waals surface area contributed by atoms with Crippen molar-refractivity contribution in [2.45, 2.75) is 13.3 Å². The molecule has 8 heteroatoms. The number of halogens is 2. The van der Waals surface area contributed by atoms with Gasteiger partial charge in [0.25, 0.3) is 0 Å². The summed E-state index contributed by atoms with van der Waals surface area (Å²) < 4.78 is 34.1. The van der Waals surface area contributed by atoms with Crippen LogP contribution in [0.1, 0.15) is 12.7 Å². The summed E-state index contributed by atoms with van der Waals surface area (Å²) in [6.07, 6.45) is -0.104. The first-order chi connectivity index (χ1) is 11.5. The van der Waals surface area contributed by atoms with E-state index in [1.807, 2.05) is 7.05 Å². The predicted octanol–water partition coefficient (Wildman–Crippen LogP) is 1.70. The molecule has 0 spiro atoms. The lowest BCUT2D eigenvalue weighted by atomic mass is 10.2. The van der Waals surface area contributed by atoms with Crippen LogP contribution in [0.15, 0.2) is 6.07 Å². The normalized spacial score (nSPS) is 15.9. The zero-order chi connectivity index (χ0) is 17.3. The minimum absolute atomic E-state index is 0.0460. The molecule has 130 valence electrons. The average Bonchev–Trinajstić information content (AvgIpc) is 2.92. The van der Waals surface area contributed by atoms with Gasteiger partial charge in [-0.05, 0) is 14.0 Å². The maximum atomic E-state index is 14.8. The number of nitrogens with zero attached hydrogens (tertiary/aromatic N) is 3. The molecule has 2 aromatic rings. The van der Waals surface area contributed by atoms with E-state index in [9.17, 15) is 13.6 Å². The number of likely N-dealkylation sites (N-methyl/N-ethyl adjacent to an activating group) is 1. The Morgan fingerprint density at radius 3 is 2.71 bits per heavy atom. The Hall–Kier alpha value is -2.22. The summed E-state index contributed by atoms with van der Waals surface area (Å²) in [4.78, 5) is 22.2. The number of hydrogen-bond donors (Lipinski definition) is 1. The highest BCUT2D eigenvalue weighted by atomic mass is 19.1. The molecule has 1 aliphatic rings. The van der Waals surface area contributed by atoms with Crippen molar-refractivity contribution >= 4 is 22.7 Å². The molecule has 0 unspecified atom stereocenters. The van der Waals surface area contributed by atoms with Gasteiger partial charge in [0.2, 0.25) is 0 Å². The molecule has 1 saturated heterocycles. The fraction of sp³-hybridized carbons (Fsp3) is 0.500. The van der Waals surface area contributed by atoms with E-state index >= 15 is 0 Å². The number of aromatic nitrogens is 2. The lowest BCUT2D eigenvalue weighted by molar-refractivity contribution is -0.142. The summed E-state index contributed by atoms with van der Waals surface area (Å²) in [7, 11) is 1.97. The van der Waals surface area contributed by atoms with Gasteiger partial charge in [0.15, 0.2) is 11.6 Å². The molecule has 1 aromatic heterocycles. The number of carbonyl (C=O) groups is 1. The lowest BCUT2D eigenvalue weighted by Gasteiger charge is -2.34. The van der Waals surface area contributed by atoms with Crippen LogP contribution >= 0.6 is 0 Å². The molecule has 0 atom stereocenters. The molecule has 24 heavy (non-hydrogen) atoms. The van der Waals surface area contributed by atoms with Gasteiger partial charge in [0, 0.05) is 32.2 Å². The Labute approximate surface area is 138 Å². The van der Waals surface area contributed by atoms with Crippen LogP contribution < -0.4 is 4.90 Å². The molecule has 6 nitrogen and oxygen atoms in total. The Morgan fingerprint density at radius 2 is 2.04 bits per heavy atom. The third kappa shape index (κ3) is 3.19. The first kappa shape index (κ1) is 16.6. The number of rotatable bonds is 4. The van der Waals surface area contributed by atoms with Gasteiger partial charge < -0.3 is 19.5 Å². The second-order valence-corrected chi connectivity index (χ2v) is 5.87. The van der Waals surface area contributed by atoms with E-state index in [4.69, 9.17) is 4.74 Å². The Balaban J connectivity index is 1.93. The van der Waals surface area contributed by atoms with Crippen LogP contribution in [0.4, 0.5) is 14.5 Å². The minimum Gasteiger partial charge on any atom is -0.466 e. The predicted molar refractivity (Wildman–Crippen MR) is 86.1 cm³/mol. The highest BCUT2D eigenvalue weighted by Crippen LogP contribution is 2.30. The first-order valence-electron chi connectivity index (χ1n) is 7.95. The second kappa shape index (κ2) is 6.72. The van der Waals surface area contributed by atoms with Crippen LogP contribution in [-0.4, -0.2) is 60.7 Å². The van der Waals surface area contributed by atoms with E-state index in [2.05, 4.69) is 14.9 Å². The van der Waals surface area contributed by atoms with Crippen LogP contribution in [0.2, 0.25) is 0 Å². The Bertz CT molecular complexity index is 754. The fourth-order valence-electron chi connectivity index (χ4n) is 2.87. The Morgan fingerprint density at radius 1 is 1.33 bits per heavy atom. The van der Waals surface area contributed by atoms with E-state index in [1.54, 1.807) is 11.8 Å². The van der Waals surface area contributed by atoms with Gasteiger partial charge in [-0.3, -0.25) is 4.79 Å². The largest absolute Gasteiger partial charge is 0.466 e. The van der Waals surface area contributed by atoms with Gasteiger partial charge >= 0.3 is 5.97 Å².